The lowest BCUT2D eigenvalue weighted by Gasteiger charge is -2.16. The van der Waals surface area contributed by atoms with E-state index in [0.717, 1.165) is 5.56 Å². The number of ketones is 1. The van der Waals surface area contributed by atoms with Crippen molar-refractivity contribution < 1.29 is 19.4 Å². The summed E-state index contributed by atoms with van der Waals surface area (Å²) in [6.45, 7) is 3.58. The summed E-state index contributed by atoms with van der Waals surface area (Å²) >= 11 is 0. The van der Waals surface area contributed by atoms with Crippen LogP contribution in [0.2, 0.25) is 0 Å². The molecule has 0 aromatic heterocycles. The van der Waals surface area contributed by atoms with Gasteiger partial charge in [0.15, 0.2) is 0 Å². The highest BCUT2D eigenvalue weighted by Crippen LogP contribution is 2.07. The molecule has 1 aromatic carbocycles. The molecule has 1 rings (SSSR count). The fourth-order valence-electron chi connectivity index (χ4n) is 1.62. The van der Waals surface area contributed by atoms with Crippen LogP contribution in [0, 0.1) is 5.92 Å². The number of amides is 1. The standard InChI is InChI=1S/C15H21NO4/c1-11(12(2)17)14(18)8-9-16-15(19)20-10-13-6-4-3-5-7-13/h3-7,11,14,18H,8-10H2,1-2H3,(H,16,19)/t11-,14-/m1/s1. The smallest absolute Gasteiger partial charge is 0.407 e. The normalized spacial score (nSPS) is 13.3. The fourth-order valence-corrected chi connectivity index (χ4v) is 1.62. The summed E-state index contributed by atoms with van der Waals surface area (Å²) in [6, 6.07) is 9.37. The molecule has 1 aromatic rings. The van der Waals surface area contributed by atoms with Gasteiger partial charge in [0.05, 0.1) is 6.10 Å². The number of carbonyl (C=O) groups is 2. The van der Waals surface area contributed by atoms with Crippen molar-refractivity contribution >= 4 is 11.9 Å². The lowest BCUT2D eigenvalue weighted by molar-refractivity contribution is -0.123. The zero-order valence-electron chi connectivity index (χ0n) is 11.8. The summed E-state index contributed by atoms with van der Waals surface area (Å²) in [6.07, 6.45) is -0.959. The van der Waals surface area contributed by atoms with E-state index in [1.54, 1.807) is 6.92 Å². The largest absolute Gasteiger partial charge is 0.445 e. The van der Waals surface area contributed by atoms with E-state index in [1.807, 2.05) is 30.3 Å². The van der Waals surface area contributed by atoms with Gasteiger partial charge < -0.3 is 15.2 Å². The monoisotopic (exact) mass is 279 g/mol. The van der Waals surface area contributed by atoms with E-state index in [1.165, 1.54) is 6.92 Å². The molecular weight excluding hydrogens is 258 g/mol. The van der Waals surface area contributed by atoms with E-state index >= 15 is 0 Å². The van der Waals surface area contributed by atoms with Crippen molar-refractivity contribution in [1.82, 2.24) is 5.32 Å². The minimum atomic E-state index is -0.748. The van der Waals surface area contributed by atoms with Crippen molar-refractivity contribution in [3.8, 4) is 0 Å². The summed E-state index contributed by atoms with van der Waals surface area (Å²) in [4.78, 5) is 22.5. The Bertz CT molecular complexity index is 433. The Balaban J connectivity index is 2.19. The quantitative estimate of drug-likeness (QED) is 0.799. The number of hydrogen-bond donors (Lipinski definition) is 2. The van der Waals surface area contributed by atoms with Gasteiger partial charge in [0, 0.05) is 12.5 Å². The van der Waals surface area contributed by atoms with Crippen molar-refractivity contribution in [3.63, 3.8) is 0 Å². The van der Waals surface area contributed by atoms with E-state index in [2.05, 4.69) is 5.32 Å². The molecule has 2 atom stereocenters. The van der Waals surface area contributed by atoms with Crippen molar-refractivity contribution in [1.29, 1.82) is 0 Å². The van der Waals surface area contributed by atoms with Gasteiger partial charge in [0.1, 0.15) is 12.4 Å². The van der Waals surface area contributed by atoms with E-state index in [0.29, 0.717) is 6.42 Å². The van der Waals surface area contributed by atoms with E-state index in [4.69, 9.17) is 4.74 Å². The molecule has 0 fully saturated rings. The SMILES string of the molecule is CC(=O)[C@@H](C)[C@H](O)CCNC(=O)OCc1ccccc1. The van der Waals surface area contributed by atoms with Gasteiger partial charge in [-0.05, 0) is 18.9 Å². The molecule has 0 aliphatic rings. The molecule has 5 nitrogen and oxygen atoms in total. The van der Waals surface area contributed by atoms with Gasteiger partial charge in [0.2, 0.25) is 0 Å². The Morgan fingerprint density at radius 2 is 1.95 bits per heavy atom. The van der Waals surface area contributed by atoms with Crippen LogP contribution in [-0.2, 0) is 16.1 Å². The fraction of sp³-hybridized carbons (Fsp3) is 0.467. The maximum Gasteiger partial charge on any atom is 0.407 e. The number of hydrogen-bond acceptors (Lipinski definition) is 4. The predicted octanol–water partition coefficient (Wildman–Crippen LogP) is 1.89. The number of aliphatic hydroxyl groups is 1. The first-order valence-corrected chi connectivity index (χ1v) is 6.63. The molecule has 2 N–H and O–H groups in total. The maximum absolute atomic E-state index is 11.4. The average molecular weight is 279 g/mol. The molecule has 0 radical (unpaired) electrons. The summed E-state index contributed by atoms with van der Waals surface area (Å²) in [7, 11) is 0. The number of alkyl carbamates (subject to hydrolysis) is 1. The first kappa shape index (κ1) is 16.2. The Morgan fingerprint density at radius 3 is 2.55 bits per heavy atom. The number of ether oxygens (including phenoxy) is 1. The summed E-state index contributed by atoms with van der Waals surface area (Å²) in [5.74, 6) is -0.485. The van der Waals surface area contributed by atoms with E-state index in [9.17, 15) is 14.7 Å². The van der Waals surface area contributed by atoms with Crippen LogP contribution in [0.5, 0.6) is 0 Å². The summed E-state index contributed by atoms with van der Waals surface area (Å²) in [5.41, 5.74) is 0.910. The van der Waals surface area contributed by atoms with Crippen LogP contribution in [0.3, 0.4) is 0 Å². The molecule has 0 unspecified atom stereocenters. The minimum Gasteiger partial charge on any atom is -0.445 e. The van der Waals surface area contributed by atoms with Crippen molar-refractivity contribution in [2.75, 3.05) is 6.54 Å². The molecule has 0 heterocycles. The van der Waals surface area contributed by atoms with Crippen LogP contribution in [0.25, 0.3) is 0 Å². The number of benzene rings is 1. The first-order valence-electron chi connectivity index (χ1n) is 6.63. The molecular formula is C15H21NO4. The van der Waals surface area contributed by atoms with Gasteiger partial charge in [-0.15, -0.1) is 0 Å². The highest BCUT2D eigenvalue weighted by atomic mass is 16.5. The van der Waals surface area contributed by atoms with Gasteiger partial charge in [-0.1, -0.05) is 37.3 Å². The topological polar surface area (TPSA) is 75.6 Å². The number of carbonyl (C=O) groups excluding carboxylic acids is 2. The van der Waals surface area contributed by atoms with Crippen LogP contribution in [0.4, 0.5) is 4.79 Å². The Kier molecular flexibility index (Phi) is 6.73. The molecule has 1 amide bonds. The second-order valence-electron chi connectivity index (χ2n) is 4.74. The molecule has 0 spiro atoms. The van der Waals surface area contributed by atoms with Gasteiger partial charge >= 0.3 is 6.09 Å². The molecule has 0 bridgehead atoms. The molecule has 0 aliphatic carbocycles. The number of aliphatic hydroxyl groups excluding tert-OH is 1. The van der Waals surface area contributed by atoms with Crippen LogP contribution in [0.15, 0.2) is 30.3 Å². The van der Waals surface area contributed by atoms with Crippen LogP contribution >= 0.6 is 0 Å². The zero-order valence-corrected chi connectivity index (χ0v) is 11.8. The molecule has 0 saturated heterocycles. The third kappa shape index (κ3) is 5.84. The summed E-state index contributed by atoms with van der Waals surface area (Å²) < 4.78 is 5.02. The summed E-state index contributed by atoms with van der Waals surface area (Å²) in [5, 5.41) is 12.2. The van der Waals surface area contributed by atoms with Crippen LogP contribution in [-0.4, -0.2) is 29.6 Å². The van der Waals surface area contributed by atoms with Gasteiger partial charge in [0.25, 0.3) is 0 Å². The van der Waals surface area contributed by atoms with Gasteiger partial charge in [-0.3, -0.25) is 4.79 Å². The van der Waals surface area contributed by atoms with Crippen molar-refractivity contribution in [2.24, 2.45) is 5.92 Å². The minimum absolute atomic E-state index is 0.0656. The molecule has 20 heavy (non-hydrogen) atoms. The first-order chi connectivity index (χ1) is 9.50. The molecule has 110 valence electrons. The highest BCUT2D eigenvalue weighted by molar-refractivity contribution is 5.78. The Morgan fingerprint density at radius 1 is 1.30 bits per heavy atom. The third-order valence-electron chi connectivity index (χ3n) is 3.14. The lowest BCUT2D eigenvalue weighted by atomic mass is 9.98. The lowest BCUT2D eigenvalue weighted by Crippen LogP contribution is -2.31. The van der Waals surface area contributed by atoms with Gasteiger partial charge in [-0.25, -0.2) is 4.79 Å². The van der Waals surface area contributed by atoms with Gasteiger partial charge in [-0.2, -0.15) is 0 Å². The second-order valence-corrected chi connectivity index (χ2v) is 4.74. The van der Waals surface area contributed by atoms with Crippen molar-refractivity contribution in [2.45, 2.75) is 33.0 Å². The number of nitrogens with one attached hydrogen (secondary N) is 1. The molecule has 0 aliphatic heterocycles. The highest BCUT2D eigenvalue weighted by Gasteiger charge is 2.18. The molecule has 5 heteroatoms. The van der Waals surface area contributed by atoms with Crippen LogP contribution in [0.1, 0.15) is 25.8 Å². The maximum atomic E-state index is 11.4. The predicted molar refractivity (Wildman–Crippen MR) is 75.1 cm³/mol. The Hall–Kier alpha value is -1.88. The number of rotatable bonds is 7. The van der Waals surface area contributed by atoms with Crippen LogP contribution < -0.4 is 5.32 Å². The number of Topliss-reactive ketones (excluding diaryl/α,β-unsaturated/α-hetero) is 1. The van der Waals surface area contributed by atoms with E-state index < -0.39 is 18.1 Å². The van der Waals surface area contributed by atoms with Crippen molar-refractivity contribution in [3.05, 3.63) is 35.9 Å². The zero-order chi connectivity index (χ0) is 15.0. The Labute approximate surface area is 118 Å². The second kappa shape index (κ2) is 8.32. The molecule has 0 saturated carbocycles. The van der Waals surface area contributed by atoms with E-state index in [-0.39, 0.29) is 18.9 Å². The third-order valence-corrected chi connectivity index (χ3v) is 3.14. The average Bonchev–Trinajstić information content (AvgIpc) is 2.45.